The Kier molecular flexibility index (Phi) is 4.34. The molecule has 0 fully saturated rings. The number of hydrogen-bond donors (Lipinski definition) is 1. The van der Waals surface area contributed by atoms with Gasteiger partial charge in [0.05, 0.1) is 0 Å². The van der Waals surface area contributed by atoms with Crippen molar-refractivity contribution < 1.29 is 0 Å². The van der Waals surface area contributed by atoms with E-state index >= 15 is 0 Å². The first-order chi connectivity index (χ1) is 2.91. The van der Waals surface area contributed by atoms with E-state index < -0.39 is 0 Å². The summed E-state index contributed by atoms with van der Waals surface area (Å²) < 4.78 is 0. The van der Waals surface area contributed by atoms with Gasteiger partial charge in [0.25, 0.3) is 0 Å². The molecule has 0 radical (unpaired) electrons. The summed E-state index contributed by atoms with van der Waals surface area (Å²) in [5.74, 6) is 0. The number of aliphatic imine (C=N–C) groups is 1. The van der Waals surface area contributed by atoms with Crippen molar-refractivity contribution in [3.8, 4) is 0 Å². The van der Waals surface area contributed by atoms with Gasteiger partial charge in [0.15, 0.2) is 0 Å². The smallest absolute Gasteiger partial charge is 0.0273 e. The van der Waals surface area contributed by atoms with E-state index in [1.54, 1.807) is 13.3 Å². The van der Waals surface area contributed by atoms with E-state index in [4.69, 9.17) is 5.73 Å². The fourth-order valence-electron chi connectivity index (χ4n) is 0.204. The zero-order chi connectivity index (χ0) is 4.83. The highest BCUT2D eigenvalue weighted by atomic mass is 14.6. The number of rotatable bonds is 2. The van der Waals surface area contributed by atoms with Gasteiger partial charge in [-0.1, -0.05) is 0 Å². The molecule has 0 aromatic carbocycles. The minimum absolute atomic E-state index is 0.706. The minimum Gasteiger partial charge on any atom is -0.330 e. The molecule has 0 aromatic heterocycles. The normalized spacial score (nSPS) is 10.3. The molecule has 2 N–H and O–H groups in total. The summed E-state index contributed by atoms with van der Waals surface area (Å²) >= 11 is 0. The molecule has 2 nitrogen and oxygen atoms in total. The van der Waals surface area contributed by atoms with Crippen molar-refractivity contribution in [2.24, 2.45) is 10.7 Å². The lowest BCUT2D eigenvalue weighted by Gasteiger charge is -1.77. The van der Waals surface area contributed by atoms with E-state index in [0.29, 0.717) is 6.54 Å². The van der Waals surface area contributed by atoms with E-state index in [-0.39, 0.29) is 0 Å². The molecule has 0 aromatic rings. The third kappa shape index (κ3) is 3.63. The largest absolute Gasteiger partial charge is 0.330 e. The van der Waals surface area contributed by atoms with Gasteiger partial charge >= 0.3 is 0 Å². The second kappa shape index (κ2) is 4.63. The number of nitrogens with zero attached hydrogens (tertiary/aromatic N) is 1. The zero-order valence-corrected chi connectivity index (χ0v) is 4.02. The van der Waals surface area contributed by atoms with Crippen LogP contribution in [-0.2, 0) is 0 Å². The molecule has 0 saturated carbocycles. The van der Waals surface area contributed by atoms with Gasteiger partial charge in [0, 0.05) is 7.05 Å². The molecule has 0 unspecified atom stereocenters. The van der Waals surface area contributed by atoms with Gasteiger partial charge < -0.3 is 10.7 Å². The van der Waals surface area contributed by atoms with Gasteiger partial charge in [-0.2, -0.15) is 0 Å². The summed E-state index contributed by atoms with van der Waals surface area (Å²) in [6, 6.07) is 0. The van der Waals surface area contributed by atoms with Gasteiger partial charge in [-0.05, 0) is 19.2 Å². The maximum Gasteiger partial charge on any atom is 0.0273 e. The van der Waals surface area contributed by atoms with Crippen molar-refractivity contribution in [3.63, 3.8) is 0 Å². The van der Waals surface area contributed by atoms with Crippen molar-refractivity contribution in [1.29, 1.82) is 0 Å². The zero-order valence-electron chi connectivity index (χ0n) is 4.02. The first-order valence-corrected chi connectivity index (χ1v) is 2.02. The third-order valence-electron chi connectivity index (χ3n) is 0.478. The van der Waals surface area contributed by atoms with Crippen LogP contribution in [0.2, 0.25) is 0 Å². The van der Waals surface area contributed by atoms with Crippen LogP contribution >= 0.6 is 0 Å². The molecule has 0 bridgehead atoms. The summed E-state index contributed by atoms with van der Waals surface area (Å²) in [4.78, 5) is 3.72. The predicted octanol–water partition coefficient (Wildman–Crippen LogP) is 0.0358. The second-order valence-corrected chi connectivity index (χ2v) is 1.02. The molecular formula is C4H10N2. The lowest BCUT2D eigenvalue weighted by Crippen LogP contribution is -1.97. The van der Waals surface area contributed by atoms with Gasteiger partial charge in [0.2, 0.25) is 0 Å². The van der Waals surface area contributed by atoms with Crippen molar-refractivity contribution in [2.75, 3.05) is 13.6 Å². The molecule has 0 aliphatic rings. The van der Waals surface area contributed by atoms with Gasteiger partial charge in [-0.3, -0.25) is 0 Å². The van der Waals surface area contributed by atoms with Crippen molar-refractivity contribution >= 4 is 6.21 Å². The highest BCUT2D eigenvalue weighted by molar-refractivity contribution is 5.56. The van der Waals surface area contributed by atoms with Crippen LogP contribution in [0.15, 0.2) is 4.99 Å². The number of hydrogen-bond acceptors (Lipinski definition) is 2. The summed E-state index contributed by atoms with van der Waals surface area (Å²) in [5, 5.41) is 0. The van der Waals surface area contributed by atoms with E-state index in [1.165, 1.54) is 0 Å². The Morgan fingerprint density at radius 3 is 2.67 bits per heavy atom. The van der Waals surface area contributed by atoms with Crippen LogP contribution in [0.3, 0.4) is 0 Å². The first kappa shape index (κ1) is 5.63. The molecular weight excluding hydrogens is 76.1 g/mol. The Hall–Kier alpha value is -0.370. The quantitative estimate of drug-likeness (QED) is 0.473. The minimum atomic E-state index is 0.706. The average molecular weight is 86.1 g/mol. The van der Waals surface area contributed by atoms with Crippen LogP contribution in [0.5, 0.6) is 0 Å². The molecule has 0 amide bonds. The Morgan fingerprint density at radius 2 is 2.50 bits per heavy atom. The molecule has 2 heteroatoms. The van der Waals surface area contributed by atoms with Gasteiger partial charge in [0.1, 0.15) is 0 Å². The lowest BCUT2D eigenvalue weighted by atomic mass is 10.5. The second-order valence-electron chi connectivity index (χ2n) is 1.02. The third-order valence-corrected chi connectivity index (χ3v) is 0.478. The van der Waals surface area contributed by atoms with Crippen molar-refractivity contribution in [1.82, 2.24) is 0 Å². The topological polar surface area (TPSA) is 38.4 Å². The Balaban J connectivity index is 2.66. The van der Waals surface area contributed by atoms with Crippen LogP contribution in [0.25, 0.3) is 0 Å². The van der Waals surface area contributed by atoms with Crippen LogP contribution in [0.4, 0.5) is 0 Å². The van der Waals surface area contributed by atoms with E-state index in [1.807, 2.05) is 0 Å². The standard InChI is InChI=1S/C4H10N2/c1-6-4-2-3-5/h4H,2-3,5H2,1H3. The molecule has 0 heterocycles. The van der Waals surface area contributed by atoms with Crippen LogP contribution in [0, 0.1) is 0 Å². The summed E-state index contributed by atoms with van der Waals surface area (Å²) in [6.45, 7) is 0.706. The highest BCUT2D eigenvalue weighted by Gasteiger charge is 1.65. The van der Waals surface area contributed by atoms with E-state index in [2.05, 4.69) is 4.99 Å². The summed E-state index contributed by atoms with van der Waals surface area (Å²) in [5.41, 5.74) is 5.12. The highest BCUT2D eigenvalue weighted by Crippen LogP contribution is 1.61. The molecule has 0 aliphatic heterocycles. The fraction of sp³-hybridized carbons (Fsp3) is 0.750. The van der Waals surface area contributed by atoms with E-state index in [0.717, 1.165) is 6.42 Å². The molecule has 0 spiro atoms. The Morgan fingerprint density at radius 1 is 1.83 bits per heavy atom. The summed E-state index contributed by atoms with van der Waals surface area (Å²) in [7, 11) is 1.75. The molecule has 0 rings (SSSR count). The van der Waals surface area contributed by atoms with Gasteiger partial charge in [-0.25, -0.2) is 0 Å². The number of nitrogens with two attached hydrogens (primary N) is 1. The lowest BCUT2D eigenvalue weighted by molar-refractivity contribution is 1.05. The molecule has 6 heavy (non-hydrogen) atoms. The molecule has 0 saturated heterocycles. The molecule has 36 valence electrons. The summed E-state index contributed by atoms with van der Waals surface area (Å²) in [6.07, 6.45) is 2.70. The first-order valence-electron chi connectivity index (χ1n) is 2.02. The monoisotopic (exact) mass is 86.1 g/mol. The Labute approximate surface area is 38.1 Å². The fourth-order valence-corrected chi connectivity index (χ4v) is 0.204. The van der Waals surface area contributed by atoms with Crippen molar-refractivity contribution in [2.45, 2.75) is 6.42 Å². The molecule has 0 aliphatic carbocycles. The van der Waals surface area contributed by atoms with Crippen LogP contribution in [-0.4, -0.2) is 19.8 Å². The van der Waals surface area contributed by atoms with Crippen LogP contribution < -0.4 is 5.73 Å². The van der Waals surface area contributed by atoms with Crippen LogP contribution in [0.1, 0.15) is 6.42 Å². The van der Waals surface area contributed by atoms with E-state index in [9.17, 15) is 0 Å². The SMILES string of the molecule is CN=CCCN. The Bertz CT molecular complexity index is 40.8. The van der Waals surface area contributed by atoms with Crippen molar-refractivity contribution in [3.05, 3.63) is 0 Å². The maximum atomic E-state index is 5.12. The average Bonchev–Trinajstić information content (AvgIpc) is 1.61. The molecule has 0 atom stereocenters. The van der Waals surface area contributed by atoms with Gasteiger partial charge in [-0.15, -0.1) is 0 Å². The predicted molar refractivity (Wildman–Crippen MR) is 28.1 cm³/mol. The maximum absolute atomic E-state index is 5.12.